The third-order valence-electron chi connectivity index (χ3n) is 3.28. The molecule has 2 N–H and O–H groups in total. The van der Waals surface area contributed by atoms with Crippen LogP contribution in [0.5, 0.6) is 0 Å². The van der Waals surface area contributed by atoms with Gasteiger partial charge in [0.05, 0.1) is 0 Å². The standard InChI is InChI=1S/C16H19FN2O2S.ClH/c1-13-7-8-15(17)16(11-13)22(20,21)19(10-9-18)12-14-5-3-2-4-6-14;/h2-8,11H,9-10,12,18H2,1H3;1H. The van der Waals surface area contributed by atoms with Crippen molar-refractivity contribution in [3.63, 3.8) is 0 Å². The first-order valence-electron chi connectivity index (χ1n) is 6.95. The van der Waals surface area contributed by atoms with Crippen molar-refractivity contribution in [1.29, 1.82) is 0 Å². The van der Waals surface area contributed by atoms with Crippen LogP contribution in [0.25, 0.3) is 0 Å². The van der Waals surface area contributed by atoms with Crippen LogP contribution in [-0.2, 0) is 16.6 Å². The Morgan fingerprint density at radius 1 is 1.13 bits per heavy atom. The van der Waals surface area contributed by atoms with Crippen molar-refractivity contribution in [3.8, 4) is 0 Å². The summed E-state index contributed by atoms with van der Waals surface area (Å²) in [5.41, 5.74) is 7.04. The summed E-state index contributed by atoms with van der Waals surface area (Å²) in [6.45, 7) is 2.18. The van der Waals surface area contributed by atoms with Gasteiger partial charge in [0.15, 0.2) is 0 Å². The molecular formula is C16H20ClFN2O2S. The molecule has 0 unspecified atom stereocenters. The topological polar surface area (TPSA) is 63.4 Å². The number of nitrogens with zero attached hydrogens (tertiary/aromatic N) is 1. The lowest BCUT2D eigenvalue weighted by molar-refractivity contribution is 0.410. The quantitative estimate of drug-likeness (QED) is 0.863. The molecule has 7 heteroatoms. The lowest BCUT2D eigenvalue weighted by Gasteiger charge is -2.22. The molecule has 2 rings (SSSR count). The monoisotopic (exact) mass is 358 g/mol. The Hall–Kier alpha value is -1.47. The van der Waals surface area contributed by atoms with Gasteiger partial charge in [0, 0.05) is 19.6 Å². The number of hydrogen-bond acceptors (Lipinski definition) is 3. The molecule has 4 nitrogen and oxygen atoms in total. The normalized spacial score (nSPS) is 11.3. The summed E-state index contributed by atoms with van der Waals surface area (Å²) < 4.78 is 40.6. The van der Waals surface area contributed by atoms with Gasteiger partial charge in [0.1, 0.15) is 10.7 Å². The molecule has 0 amide bonds. The van der Waals surface area contributed by atoms with E-state index in [9.17, 15) is 12.8 Å². The van der Waals surface area contributed by atoms with E-state index >= 15 is 0 Å². The highest BCUT2D eigenvalue weighted by Crippen LogP contribution is 2.22. The zero-order chi connectivity index (χ0) is 16.2. The maximum Gasteiger partial charge on any atom is 0.246 e. The Balaban J connectivity index is 0.00000264. The van der Waals surface area contributed by atoms with Crippen molar-refractivity contribution in [3.05, 3.63) is 65.5 Å². The average Bonchev–Trinajstić information content (AvgIpc) is 2.50. The number of nitrogens with two attached hydrogens (primary N) is 1. The summed E-state index contributed by atoms with van der Waals surface area (Å²) in [6, 6.07) is 13.2. The molecule has 2 aromatic rings. The molecule has 0 aromatic heterocycles. The molecule has 0 atom stereocenters. The summed E-state index contributed by atoms with van der Waals surface area (Å²) in [6.07, 6.45) is 0. The lowest BCUT2D eigenvalue weighted by atomic mass is 10.2. The summed E-state index contributed by atoms with van der Waals surface area (Å²) >= 11 is 0. The number of aryl methyl sites for hydroxylation is 1. The number of benzene rings is 2. The van der Waals surface area contributed by atoms with Crippen molar-refractivity contribution in [2.75, 3.05) is 13.1 Å². The Morgan fingerprint density at radius 2 is 1.78 bits per heavy atom. The van der Waals surface area contributed by atoms with E-state index in [2.05, 4.69) is 0 Å². The van der Waals surface area contributed by atoms with Gasteiger partial charge in [0.2, 0.25) is 10.0 Å². The molecule has 0 aliphatic carbocycles. The maximum absolute atomic E-state index is 14.0. The van der Waals surface area contributed by atoms with Crippen LogP contribution in [0.1, 0.15) is 11.1 Å². The fourth-order valence-electron chi connectivity index (χ4n) is 2.16. The van der Waals surface area contributed by atoms with Crippen LogP contribution in [0, 0.1) is 12.7 Å². The van der Waals surface area contributed by atoms with E-state index in [1.807, 2.05) is 30.3 Å². The molecule has 0 saturated carbocycles. The van der Waals surface area contributed by atoms with Crippen molar-refractivity contribution >= 4 is 22.4 Å². The first kappa shape index (κ1) is 19.6. The molecule has 126 valence electrons. The Morgan fingerprint density at radius 3 is 2.39 bits per heavy atom. The number of rotatable bonds is 6. The highest BCUT2D eigenvalue weighted by atomic mass is 35.5. The number of halogens is 2. The van der Waals surface area contributed by atoms with E-state index in [0.717, 1.165) is 5.56 Å². The smallest absolute Gasteiger partial charge is 0.246 e. The molecule has 2 aromatic carbocycles. The summed E-state index contributed by atoms with van der Waals surface area (Å²) in [5.74, 6) is -0.749. The average molecular weight is 359 g/mol. The van der Waals surface area contributed by atoms with Crippen LogP contribution in [0.15, 0.2) is 53.4 Å². The van der Waals surface area contributed by atoms with Crippen LogP contribution in [-0.4, -0.2) is 25.8 Å². The van der Waals surface area contributed by atoms with Gasteiger partial charge in [-0.3, -0.25) is 0 Å². The maximum atomic E-state index is 14.0. The largest absolute Gasteiger partial charge is 0.329 e. The fraction of sp³-hybridized carbons (Fsp3) is 0.250. The highest BCUT2D eigenvalue weighted by molar-refractivity contribution is 7.89. The van der Waals surface area contributed by atoms with E-state index in [1.165, 1.54) is 16.4 Å². The van der Waals surface area contributed by atoms with Crippen molar-refractivity contribution in [1.82, 2.24) is 4.31 Å². The first-order valence-corrected chi connectivity index (χ1v) is 8.39. The second-order valence-corrected chi connectivity index (χ2v) is 6.95. The molecule has 0 fully saturated rings. The first-order chi connectivity index (χ1) is 10.4. The number of hydrogen-bond donors (Lipinski definition) is 1. The van der Waals surface area contributed by atoms with Crippen LogP contribution >= 0.6 is 12.4 Å². The van der Waals surface area contributed by atoms with Crippen LogP contribution in [0.3, 0.4) is 0 Å². The van der Waals surface area contributed by atoms with E-state index in [4.69, 9.17) is 5.73 Å². The van der Waals surface area contributed by atoms with Gasteiger partial charge in [-0.15, -0.1) is 12.4 Å². The zero-order valence-electron chi connectivity index (χ0n) is 12.8. The zero-order valence-corrected chi connectivity index (χ0v) is 14.4. The van der Waals surface area contributed by atoms with Gasteiger partial charge >= 0.3 is 0 Å². The molecular weight excluding hydrogens is 339 g/mol. The van der Waals surface area contributed by atoms with Gasteiger partial charge in [0.25, 0.3) is 0 Å². The SMILES string of the molecule is Cc1ccc(F)c(S(=O)(=O)N(CCN)Cc2ccccc2)c1.Cl. The van der Waals surface area contributed by atoms with Crippen molar-refractivity contribution < 1.29 is 12.8 Å². The van der Waals surface area contributed by atoms with Crippen molar-refractivity contribution in [2.24, 2.45) is 5.73 Å². The van der Waals surface area contributed by atoms with Gasteiger partial charge in [-0.1, -0.05) is 36.4 Å². The van der Waals surface area contributed by atoms with Crippen LogP contribution < -0.4 is 5.73 Å². The van der Waals surface area contributed by atoms with E-state index in [0.29, 0.717) is 5.56 Å². The predicted octanol–water partition coefficient (Wildman–Crippen LogP) is 2.71. The van der Waals surface area contributed by atoms with Crippen LogP contribution in [0.2, 0.25) is 0 Å². The molecule has 0 aliphatic rings. The molecule has 0 spiro atoms. The molecule has 0 radical (unpaired) electrons. The van der Waals surface area contributed by atoms with Crippen LogP contribution in [0.4, 0.5) is 4.39 Å². The summed E-state index contributed by atoms with van der Waals surface area (Å²) in [5, 5.41) is 0. The van der Waals surface area contributed by atoms with Gasteiger partial charge in [-0.2, -0.15) is 4.31 Å². The molecule has 0 saturated heterocycles. The van der Waals surface area contributed by atoms with E-state index < -0.39 is 15.8 Å². The minimum absolute atomic E-state index is 0. The molecule has 23 heavy (non-hydrogen) atoms. The minimum atomic E-state index is -3.94. The van der Waals surface area contributed by atoms with E-state index in [1.54, 1.807) is 13.0 Å². The van der Waals surface area contributed by atoms with Gasteiger partial charge in [-0.05, 0) is 30.2 Å². The lowest BCUT2D eigenvalue weighted by Crippen LogP contribution is -2.35. The second-order valence-electron chi connectivity index (χ2n) is 5.05. The summed E-state index contributed by atoms with van der Waals surface area (Å²) in [7, 11) is -3.94. The molecule has 0 heterocycles. The third-order valence-corrected chi connectivity index (χ3v) is 5.14. The fourth-order valence-corrected chi connectivity index (χ4v) is 3.75. The van der Waals surface area contributed by atoms with Gasteiger partial charge < -0.3 is 5.73 Å². The molecule has 0 bridgehead atoms. The van der Waals surface area contributed by atoms with Crippen molar-refractivity contribution in [2.45, 2.75) is 18.4 Å². The minimum Gasteiger partial charge on any atom is -0.329 e. The highest BCUT2D eigenvalue weighted by Gasteiger charge is 2.27. The summed E-state index contributed by atoms with van der Waals surface area (Å²) in [4.78, 5) is -0.308. The Labute approximate surface area is 142 Å². The van der Waals surface area contributed by atoms with Gasteiger partial charge in [-0.25, -0.2) is 12.8 Å². The second kappa shape index (κ2) is 8.40. The Kier molecular flexibility index (Phi) is 7.15. The molecule has 0 aliphatic heterocycles. The Bertz CT molecular complexity index is 739. The van der Waals surface area contributed by atoms with E-state index in [-0.39, 0.29) is 36.9 Å². The third kappa shape index (κ3) is 4.75. The number of sulfonamides is 1. The predicted molar refractivity (Wildman–Crippen MR) is 91.5 cm³/mol.